The molecule has 1 amide bonds. The predicted molar refractivity (Wildman–Crippen MR) is 126 cm³/mol. The molecule has 0 bridgehead atoms. The van der Waals surface area contributed by atoms with E-state index in [0.717, 1.165) is 24.3 Å². The maximum absolute atomic E-state index is 13.0. The van der Waals surface area contributed by atoms with Gasteiger partial charge in [0.05, 0.1) is 4.90 Å². The SMILES string of the molecule is CCN(c1ccccc1)S(=O)c1ccc(NC(=O)c2ccc3c(c2)CCCS3)cc1. The van der Waals surface area contributed by atoms with Crippen molar-refractivity contribution in [2.45, 2.75) is 29.6 Å². The van der Waals surface area contributed by atoms with E-state index in [1.807, 2.05) is 71.5 Å². The number of thioether (sulfide) groups is 1. The molecule has 1 atom stereocenters. The zero-order valence-electron chi connectivity index (χ0n) is 16.8. The third-order valence-electron chi connectivity index (χ3n) is 5.02. The smallest absolute Gasteiger partial charge is 0.255 e. The molecule has 0 aliphatic carbocycles. The number of hydrogen-bond acceptors (Lipinski definition) is 3. The maximum Gasteiger partial charge on any atom is 0.255 e. The molecule has 1 aliphatic heterocycles. The van der Waals surface area contributed by atoms with Crippen LogP contribution in [-0.2, 0) is 17.4 Å². The van der Waals surface area contributed by atoms with Gasteiger partial charge in [0.25, 0.3) is 5.91 Å². The Morgan fingerprint density at radius 2 is 1.83 bits per heavy atom. The topological polar surface area (TPSA) is 49.4 Å². The van der Waals surface area contributed by atoms with E-state index in [1.165, 1.54) is 10.5 Å². The summed E-state index contributed by atoms with van der Waals surface area (Å²) in [6.07, 6.45) is 2.18. The van der Waals surface area contributed by atoms with E-state index in [4.69, 9.17) is 0 Å². The molecule has 30 heavy (non-hydrogen) atoms. The van der Waals surface area contributed by atoms with Crippen molar-refractivity contribution in [2.24, 2.45) is 0 Å². The van der Waals surface area contributed by atoms with E-state index in [-0.39, 0.29) is 5.91 Å². The molecule has 1 unspecified atom stereocenters. The molecular weight excluding hydrogens is 412 g/mol. The van der Waals surface area contributed by atoms with Crippen LogP contribution in [0.1, 0.15) is 29.3 Å². The van der Waals surface area contributed by atoms with Gasteiger partial charge in [0.1, 0.15) is 0 Å². The maximum atomic E-state index is 13.0. The average molecular weight is 437 g/mol. The van der Waals surface area contributed by atoms with Gasteiger partial charge in [-0.15, -0.1) is 11.8 Å². The molecule has 6 heteroatoms. The molecule has 154 valence electrons. The molecule has 4 rings (SSSR count). The highest BCUT2D eigenvalue weighted by Gasteiger charge is 2.16. The first-order chi connectivity index (χ1) is 14.7. The van der Waals surface area contributed by atoms with Crippen LogP contribution in [0.3, 0.4) is 0 Å². The molecule has 1 N–H and O–H groups in total. The van der Waals surface area contributed by atoms with E-state index in [0.29, 0.717) is 22.7 Å². The lowest BCUT2D eigenvalue weighted by atomic mass is 10.1. The number of aryl methyl sites for hydroxylation is 1. The van der Waals surface area contributed by atoms with Crippen molar-refractivity contribution < 1.29 is 9.00 Å². The Labute approximate surface area is 184 Å². The first kappa shape index (κ1) is 20.7. The zero-order valence-corrected chi connectivity index (χ0v) is 18.5. The number of amides is 1. The largest absolute Gasteiger partial charge is 0.322 e. The van der Waals surface area contributed by atoms with Crippen molar-refractivity contribution >= 4 is 40.0 Å². The minimum absolute atomic E-state index is 0.123. The third-order valence-corrected chi connectivity index (χ3v) is 7.76. The fourth-order valence-corrected chi connectivity index (χ4v) is 5.67. The highest BCUT2D eigenvalue weighted by molar-refractivity contribution is 7.99. The van der Waals surface area contributed by atoms with Gasteiger partial charge < -0.3 is 5.32 Å². The molecule has 0 fully saturated rings. The van der Waals surface area contributed by atoms with E-state index < -0.39 is 11.0 Å². The number of benzene rings is 3. The van der Waals surface area contributed by atoms with E-state index in [1.54, 1.807) is 24.3 Å². The molecule has 0 radical (unpaired) electrons. The number of carbonyl (C=O) groups is 1. The first-order valence-electron chi connectivity index (χ1n) is 10.1. The second-order valence-electron chi connectivity index (χ2n) is 7.03. The van der Waals surface area contributed by atoms with Gasteiger partial charge in [0.15, 0.2) is 11.0 Å². The van der Waals surface area contributed by atoms with Gasteiger partial charge in [0.2, 0.25) is 0 Å². The van der Waals surface area contributed by atoms with Crippen LogP contribution in [0.2, 0.25) is 0 Å². The summed E-state index contributed by atoms with van der Waals surface area (Å²) < 4.78 is 14.9. The Kier molecular flexibility index (Phi) is 6.55. The lowest BCUT2D eigenvalue weighted by Crippen LogP contribution is -2.25. The van der Waals surface area contributed by atoms with Crippen molar-refractivity contribution in [1.29, 1.82) is 0 Å². The summed E-state index contributed by atoms with van der Waals surface area (Å²) in [4.78, 5) is 14.7. The van der Waals surface area contributed by atoms with Crippen LogP contribution >= 0.6 is 11.8 Å². The quantitative estimate of drug-likeness (QED) is 0.553. The standard InChI is InChI=1S/C24H24N2O2S2/c1-2-26(21-8-4-3-5-9-21)30(28)22-13-11-20(12-14-22)25-24(27)19-10-15-23-18(17-19)7-6-16-29-23/h3-5,8-15,17H,2,6-7,16H2,1H3,(H,25,27). The summed E-state index contributed by atoms with van der Waals surface area (Å²) in [6.45, 7) is 2.61. The number of carbonyl (C=O) groups excluding carboxylic acids is 1. The van der Waals surface area contributed by atoms with Gasteiger partial charge in [-0.05, 0) is 85.7 Å². The minimum atomic E-state index is -1.31. The average Bonchev–Trinajstić information content (AvgIpc) is 2.80. The Morgan fingerprint density at radius 3 is 2.57 bits per heavy atom. The van der Waals surface area contributed by atoms with E-state index in [2.05, 4.69) is 5.32 Å². The van der Waals surface area contributed by atoms with Crippen molar-refractivity contribution in [3.05, 3.63) is 83.9 Å². The number of para-hydroxylation sites is 1. The molecule has 0 spiro atoms. The molecule has 0 aromatic heterocycles. The number of fused-ring (bicyclic) bond motifs is 1. The number of hydrogen-bond donors (Lipinski definition) is 1. The van der Waals surface area contributed by atoms with Crippen LogP contribution in [-0.4, -0.2) is 22.4 Å². The van der Waals surface area contributed by atoms with Crippen LogP contribution in [0.15, 0.2) is 82.6 Å². The summed E-state index contributed by atoms with van der Waals surface area (Å²) in [5.74, 6) is 1.02. The lowest BCUT2D eigenvalue weighted by molar-refractivity contribution is 0.102. The predicted octanol–water partition coefficient (Wildman–Crippen LogP) is 5.53. The molecule has 3 aromatic rings. The highest BCUT2D eigenvalue weighted by atomic mass is 32.2. The van der Waals surface area contributed by atoms with Crippen LogP contribution < -0.4 is 9.62 Å². The van der Waals surface area contributed by atoms with Gasteiger partial charge in [-0.2, -0.15) is 0 Å². The van der Waals surface area contributed by atoms with Crippen LogP contribution in [0.4, 0.5) is 11.4 Å². The molecule has 1 heterocycles. The number of nitrogens with one attached hydrogen (secondary N) is 1. The van der Waals surface area contributed by atoms with Crippen molar-refractivity contribution in [3.8, 4) is 0 Å². The van der Waals surface area contributed by atoms with Crippen molar-refractivity contribution in [2.75, 3.05) is 21.9 Å². The summed E-state index contributed by atoms with van der Waals surface area (Å²) >= 11 is 1.86. The van der Waals surface area contributed by atoms with Gasteiger partial charge in [-0.3, -0.25) is 9.10 Å². The fraction of sp³-hybridized carbons (Fsp3) is 0.208. The summed E-state index contributed by atoms with van der Waals surface area (Å²) in [5, 5.41) is 2.95. The van der Waals surface area contributed by atoms with E-state index >= 15 is 0 Å². The van der Waals surface area contributed by atoms with Crippen LogP contribution in [0.5, 0.6) is 0 Å². The van der Waals surface area contributed by atoms with Crippen LogP contribution in [0, 0.1) is 0 Å². The van der Waals surface area contributed by atoms with Gasteiger partial charge in [-0.1, -0.05) is 18.2 Å². The number of rotatable bonds is 6. The molecule has 4 nitrogen and oxygen atoms in total. The first-order valence-corrected chi connectivity index (χ1v) is 12.2. The monoisotopic (exact) mass is 436 g/mol. The zero-order chi connectivity index (χ0) is 20.9. The lowest BCUT2D eigenvalue weighted by Gasteiger charge is -2.21. The molecule has 0 saturated heterocycles. The Bertz CT molecular complexity index is 1050. The summed E-state index contributed by atoms with van der Waals surface area (Å²) in [6, 6.07) is 22.9. The Morgan fingerprint density at radius 1 is 1.07 bits per heavy atom. The molecule has 0 saturated carbocycles. The van der Waals surface area contributed by atoms with Gasteiger partial charge >= 0.3 is 0 Å². The van der Waals surface area contributed by atoms with E-state index in [9.17, 15) is 9.00 Å². The second kappa shape index (κ2) is 9.49. The second-order valence-corrected chi connectivity index (χ2v) is 9.58. The van der Waals surface area contributed by atoms with Crippen molar-refractivity contribution in [3.63, 3.8) is 0 Å². The number of anilines is 2. The minimum Gasteiger partial charge on any atom is -0.322 e. The fourth-order valence-electron chi connectivity index (χ4n) is 3.48. The highest BCUT2D eigenvalue weighted by Crippen LogP contribution is 2.30. The number of nitrogens with zero attached hydrogens (tertiary/aromatic N) is 1. The normalized spacial score (nSPS) is 13.9. The summed E-state index contributed by atoms with van der Waals surface area (Å²) in [5.41, 5.74) is 3.53. The molecular formula is C24H24N2O2S2. The molecule has 1 aliphatic rings. The Hall–Kier alpha value is -2.57. The van der Waals surface area contributed by atoms with Gasteiger partial charge in [-0.25, -0.2) is 4.21 Å². The summed E-state index contributed by atoms with van der Waals surface area (Å²) in [7, 11) is -1.31. The molecule has 3 aromatic carbocycles. The Balaban J connectivity index is 1.45. The van der Waals surface area contributed by atoms with Gasteiger partial charge in [0, 0.05) is 28.4 Å². The van der Waals surface area contributed by atoms with Crippen molar-refractivity contribution in [1.82, 2.24) is 0 Å². The third kappa shape index (κ3) is 4.60. The van der Waals surface area contributed by atoms with Crippen LogP contribution in [0.25, 0.3) is 0 Å².